The van der Waals surface area contributed by atoms with Crippen LogP contribution in [0.2, 0.25) is 0 Å². The van der Waals surface area contributed by atoms with Crippen molar-refractivity contribution in [2.75, 3.05) is 14.2 Å². The number of likely N-dealkylation sites (N-methyl/N-ethyl adjacent to an activating group) is 1. The number of aromatic nitrogens is 1. The quantitative estimate of drug-likeness (QED) is 0.806. The maximum atomic E-state index is 5.30. The third kappa shape index (κ3) is 4.19. The van der Waals surface area contributed by atoms with Crippen LogP contribution in [0.25, 0.3) is 0 Å². The van der Waals surface area contributed by atoms with E-state index in [-0.39, 0.29) is 7.43 Å². The van der Waals surface area contributed by atoms with Gasteiger partial charge in [-0.1, -0.05) is 20.8 Å². The molecule has 16 heavy (non-hydrogen) atoms. The van der Waals surface area contributed by atoms with Crippen molar-refractivity contribution in [3.63, 3.8) is 0 Å². The van der Waals surface area contributed by atoms with Gasteiger partial charge in [0.15, 0.2) is 0 Å². The van der Waals surface area contributed by atoms with Crippen LogP contribution in [0.3, 0.4) is 0 Å². The van der Waals surface area contributed by atoms with Gasteiger partial charge >= 0.3 is 0 Å². The first-order chi connectivity index (χ1) is 7.31. The molecule has 0 saturated carbocycles. The highest BCUT2D eigenvalue weighted by Crippen LogP contribution is 2.18. The first kappa shape index (κ1) is 14.9. The monoisotopic (exact) mass is 224 g/mol. The van der Waals surface area contributed by atoms with Gasteiger partial charge in [0, 0.05) is 24.0 Å². The standard InChI is InChI=1S/C12H20N2O.CH4/c1-4-5-11(13-2)8-10-9-14-7-6-12(10)15-3;/h6-7,9,11,13H,4-5,8H2,1-3H3;1H4. The van der Waals surface area contributed by atoms with Gasteiger partial charge in [0.1, 0.15) is 5.75 Å². The zero-order valence-electron chi connectivity index (χ0n) is 9.79. The first-order valence-corrected chi connectivity index (χ1v) is 5.46. The summed E-state index contributed by atoms with van der Waals surface area (Å²) in [5.41, 5.74) is 1.17. The highest BCUT2D eigenvalue weighted by Gasteiger charge is 2.09. The molecule has 0 aromatic carbocycles. The lowest BCUT2D eigenvalue weighted by atomic mass is 10.0. The maximum Gasteiger partial charge on any atom is 0.125 e. The van der Waals surface area contributed by atoms with Gasteiger partial charge in [-0.05, 0) is 26.0 Å². The van der Waals surface area contributed by atoms with E-state index >= 15 is 0 Å². The molecule has 3 nitrogen and oxygen atoms in total. The zero-order chi connectivity index (χ0) is 11.1. The maximum absolute atomic E-state index is 5.30. The summed E-state index contributed by atoms with van der Waals surface area (Å²) in [4.78, 5) is 4.13. The lowest BCUT2D eigenvalue weighted by Crippen LogP contribution is -2.27. The van der Waals surface area contributed by atoms with Crippen molar-refractivity contribution < 1.29 is 4.74 Å². The molecule has 3 heteroatoms. The molecule has 1 aromatic heterocycles. The van der Waals surface area contributed by atoms with Crippen LogP contribution < -0.4 is 10.1 Å². The summed E-state index contributed by atoms with van der Waals surface area (Å²) in [6.07, 6.45) is 6.99. The molecule has 0 aliphatic carbocycles. The van der Waals surface area contributed by atoms with E-state index in [4.69, 9.17) is 4.74 Å². The van der Waals surface area contributed by atoms with Crippen molar-refractivity contribution in [2.24, 2.45) is 0 Å². The highest BCUT2D eigenvalue weighted by molar-refractivity contribution is 5.30. The number of nitrogens with one attached hydrogen (secondary N) is 1. The molecular formula is C13H24N2O. The molecule has 1 atom stereocenters. The Balaban J connectivity index is 0.00000225. The van der Waals surface area contributed by atoms with Crippen molar-refractivity contribution >= 4 is 0 Å². The fourth-order valence-corrected chi connectivity index (χ4v) is 1.73. The molecule has 92 valence electrons. The SMILES string of the molecule is C.CCCC(Cc1cnccc1OC)NC. The van der Waals surface area contributed by atoms with Crippen LogP contribution in [0.15, 0.2) is 18.5 Å². The summed E-state index contributed by atoms with van der Waals surface area (Å²) in [6, 6.07) is 2.42. The van der Waals surface area contributed by atoms with Crippen molar-refractivity contribution in [2.45, 2.75) is 39.7 Å². The van der Waals surface area contributed by atoms with Crippen molar-refractivity contribution in [3.05, 3.63) is 24.0 Å². The molecule has 0 radical (unpaired) electrons. The summed E-state index contributed by atoms with van der Waals surface area (Å²) >= 11 is 0. The largest absolute Gasteiger partial charge is 0.496 e. The molecule has 0 bridgehead atoms. The van der Waals surface area contributed by atoms with E-state index in [9.17, 15) is 0 Å². The van der Waals surface area contributed by atoms with Gasteiger partial charge in [-0.25, -0.2) is 0 Å². The average Bonchev–Trinajstić information content (AvgIpc) is 2.29. The van der Waals surface area contributed by atoms with Crippen LogP contribution in [0.4, 0.5) is 0 Å². The van der Waals surface area contributed by atoms with E-state index in [0.29, 0.717) is 6.04 Å². The van der Waals surface area contributed by atoms with Gasteiger partial charge in [-0.3, -0.25) is 4.98 Å². The predicted molar refractivity (Wildman–Crippen MR) is 69.0 cm³/mol. The van der Waals surface area contributed by atoms with Crippen LogP contribution in [-0.2, 0) is 6.42 Å². The molecular weight excluding hydrogens is 200 g/mol. The Labute approximate surface area is 99.2 Å². The van der Waals surface area contributed by atoms with E-state index in [1.165, 1.54) is 18.4 Å². The summed E-state index contributed by atoms with van der Waals surface area (Å²) in [5.74, 6) is 0.932. The van der Waals surface area contributed by atoms with Gasteiger partial charge in [0.2, 0.25) is 0 Å². The Kier molecular flexibility index (Phi) is 7.56. The molecule has 0 aliphatic rings. The minimum absolute atomic E-state index is 0. The minimum atomic E-state index is 0. The Hall–Kier alpha value is -1.09. The number of ether oxygens (including phenoxy) is 1. The number of methoxy groups -OCH3 is 1. The summed E-state index contributed by atoms with van der Waals surface area (Å²) in [5, 5.41) is 3.32. The van der Waals surface area contributed by atoms with Gasteiger partial charge in [-0.15, -0.1) is 0 Å². The van der Waals surface area contributed by atoms with Crippen molar-refractivity contribution in [1.29, 1.82) is 0 Å². The zero-order valence-corrected chi connectivity index (χ0v) is 9.79. The van der Waals surface area contributed by atoms with Gasteiger partial charge < -0.3 is 10.1 Å². The lowest BCUT2D eigenvalue weighted by Gasteiger charge is -2.16. The van der Waals surface area contributed by atoms with Crippen LogP contribution in [0, 0.1) is 0 Å². The fourth-order valence-electron chi connectivity index (χ4n) is 1.73. The fraction of sp³-hybridized carbons (Fsp3) is 0.615. The van der Waals surface area contributed by atoms with E-state index in [1.54, 1.807) is 13.3 Å². The van der Waals surface area contributed by atoms with E-state index in [2.05, 4.69) is 17.2 Å². The van der Waals surface area contributed by atoms with Gasteiger partial charge in [-0.2, -0.15) is 0 Å². The molecule has 0 fully saturated rings. The number of hydrogen-bond acceptors (Lipinski definition) is 3. The first-order valence-electron chi connectivity index (χ1n) is 5.46. The molecule has 0 aliphatic heterocycles. The Morgan fingerprint density at radius 3 is 2.81 bits per heavy atom. The van der Waals surface area contributed by atoms with Gasteiger partial charge in [0.05, 0.1) is 7.11 Å². The number of hydrogen-bond donors (Lipinski definition) is 1. The summed E-state index contributed by atoms with van der Waals surface area (Å²) in [7, 11) is 3.70. The molecule has 0 amide bonds. The molecule has 0 spiro atoms. The lowest BCUT2D eigenvalue weighted by molar-refractivity contribution is 0.403. The van der Waals surface area contributed by atoms with Crippen molar-refractivity contribution in [1.82, 2.24) is 10.3 Å². The molecule has 1 unspecified atom stereocenters. The van der Waals surface area contributed by atoms with E-state index in [1.807, 2.05) is 19.3 Å². The third-order valence-electron chi connectivity index (χ3n) is 2.59. The number of nitrogens with zero attached hydrogens (tertiary/aromatic N) is 1. The Morgan fingerprint density at radius 2 is 2.25 bits per heavy atom. The summed E-state index contributed by atoms with van der Waals surface area (Å²) in [6.45, 7) is 2.20. The van der Waals surface area contributed by atoms with Crippen LogP contribution in [0.5, 0.6) is 5.75 Å². The van der Waals surface area contributed by atoms with Gasteiger partial charge in [0.25, 0.3) is 0 Å². The molecule has 1 N–H and O–H groups in total. The smallest absolute Gasteiger partial charge is 0.125 e. The van der Waals surface area contributed by atoms with Crippen LogP contribution in [-0.4, -0.2) is 25.2 Å². The normalized spacial score (nSPS) is 11.7. The second-order valence-corrected chi connectivity index (χ2v) is 3.67. The molecule has 1 rings (SSSR count). The number of pyridine rings is 1. The minimum Gasteiger partial charge on any atom is -0.496 e. The van der Waals surface area contributed by atoms with Crippen LogP contribution in [0.1, 0.15) is 32.8 Å². The molecule has 1 aromatic rings. The highest BCUT2D eigenvalue weighted by atomic mass is 16.5. The summed E-state index contributed by atoms with van der Waals surface area (Å²) < 4.78 is 5.30. The predicted octanol–water partition coefficient (Wildman–Crippen LogP) is 2.66. The molecule has 0 saturated heterocycles. The Bertz CT molecular complexity index is 289. The number of rotatable bonds is 6. The Morgan fingerprint density at radius 1 is 1.50 bits per heavy atom. The second kappa shape index (κ2) is 8.11. The third-order valence-corrected chi connectivity index (χ3v) is 2.59. The molecule has 1 heterocycles. The van der Waals surface area contributed by atoms with Crippen molar-refractivity contribution in [3.8, 4) is 5.75 Å². The van der Waals surface area contributed by atoms with E-state index in [0.717, 1.165) is 12.2 Å². The topological polar surface area (TPSA) is 34.1 Å². The van der Waals surface area contributed by atoms with E-state index < -0.39 is 0 Å². The second-order valence-electron chi connectivity index (χ2n) is 3.67. The average molecular weight is 224 g/mol. The van der Waals surface area contributed by atoms with Crippen LogP contribution >= 0.6 is 0 Å².